The van der Waals surface area contributed by atoms with Gasteiger partial charge in [0.15, 0.2) is 11.2 Å². The van der Waals surface area contributed by atoms with Gasteiger partial charge in [0.2, 0.25) is 0 Å². The Hall–Kier alpha value is -1.56. The van der Waals surface area contributed by atoms with Crippen molar-refractivity contribution in [3.05, 3.63) is 26.7 Å². The summed E-state index contributed by atoms with van der Waals surface area (Å²) in [7, 11) is 3.21. The minimum absolute atomic E-state index is 0.203. The molecule has 0 amide bonds. The lowest BCUT2D eigenvalue weighted by molar-refractivity contribution is 0.610. The first-order valence-electron chi connectivity index (χ1n) is 5.74. The van der Waals surface area contributed by atoms with E-state index in [0.29, 0.717) is 23.5 Å². The summed E-state index contributed by atoms with van der Waals surface area (Å²) in [5.41, 5.74) is 0.159. The first-order valence-corrected chi connectivity index (χ1v) is 6.27. The highest BCUT2D eigenvalue weighted by molar-refractivity contribution is 6.16. The molecule has 0 aliphatic carbocycles. The summed E-state index contributed by atoms with van der Waals surface area (Å²) in [6.07, 6.45) is 0.792. The van der Waals surface area contributed by atoms with Gasteiger partial charge in [0, 0.05) is 20.6 Å². The maximum absolute atomic E-state index is 12.1. The van der Waals surface area contributed by atoms with Crippen molar-refractivity contribution in [3.8, 4) is 0 Å². The second kappa shape index (κ2) is 4.61. The largest absolute Gasteiger partial charge is 0.332 e. The third kappa shape index (κ3) is 1.68. The van der Waals surface area contributed by atoms with E-state index >= 15 is 0 Å². The molecule has 0 bridgehead atoms. The zero-order chi connectivity index (χ0) is 13.4. The van der Waals surface area contributed by atoms with Gasteiger partial charge >= 0.3 is 5.69 Å². The lowest BCUT2D eigenvalue weighted by atomic mass is 10.4. The minimum atomic E-state index is -0.339. The van der Waals surface area contributed by atoms with E-state index in [-0.39, 0.29) is 17.1 Å². The van der Waals surface area contributed by atoms with Crippen LogP contribution in [0.25, 0.3) is 11.2 Å². The Morgan fingerprint density at radius 1 is 1.22 bits per heavy atom. The van der Waals surface area contributed by atoms with Gasteiger partial charge in [0.25, 0.3) is 5.56 Å². The van der Waals surface area contributed by atoms with Crippen LogP contribution in [0.1, 0.15) is 19.2 Å². The van der Waals surface area contributed by atoms with Gasteiger partial charge in [-0.05, 0) is 6.42 Å². The molecule has 0 aromatic carbocycles. The number of aryl methyl sites for hydroxylation is 2. The van der Waals surface area contributed by atoms with Crippen LogP contribution in [0.5, 0.6) is 0 Å². The highest BCUT2D eigenvalue weighted by Crippen LogP contribution is 2.11. The van der Waals surface area contributed by atoms with Crippen LogP contribution in [0.3, 0.4) is 0 Å². The first kappa shape index (κ1) is 12.9. The number of alkyl halides is 1. The smallest absolute Gasteiger partial charge is 0.324 e. The van der Waals surface area contributed by atoms with Crippen LogP contribution in [0.15, 0.2) is 9.59 Å². The van der Waals surface area contributed by atoms with Crippen molar-refractivity contribution >= 4 is 22.8 Å². The molecule has 6 nitrogen and oxygen atoms in total. The SMILES string of the molecule is CCCn1c(=O)n(C)c(=O)c2c1nc(CCl)n2C. The van der Waals surface area contributed by atoms with Crippen LogP contribution in [0.2, 0.25) is 0 Å². The van der Waals surface area contributed by atoms with E-state index in [1.165, 1.54) is 11.6 Å². The van der Waals surface area contributed by atoms with E-state index in [1.54, 1.807) is 11.6 Å². The average Bonchev–Trinajstić information content (AvgIpc) is 2.69. The second-order valence-corrected chi connectivity index (χ2v) is 4.46. The Labute approximate surface area is 108 Å². The molecule has 2 heterocycles. The second-order valence-electron chi connectivity index (χ2n) is 4.19. The Bertz CT molecular complexity index is 710. The molecule has 0 unspecified atom stereocenters. The van der Waals surface area contributed by atoms with Crippen molar-refractivity contribution < 1.29 is 0 Å². The summed E-state index contributed by atoms with van der Waals surface area (Å²) in [4.78, 5) is 28.4. The quantitative estimate of drug-likeness (QED) is 0.767. The number of hydrogen-bond acceptors (Lipinski definition) is 3. The van der Waals surface area contributed by atoms with Gasteiger partial charge in [0.05, 0.1) is 5.88 Å². The lowest BCUT2D eigenvalue weighted by Gasteiger charge is -2.07. The predicted molar refractivity (Wildman–Crippen MR) is 70.1 cm³/mol. The summed E-state index contributed by atoms with van der Waals surface area (Å²) in [6.45, 7) is 2.50. The molecule has 2 rings (SSSR count). The van der Waals surface area contributed by atoms with Crippen LogP contribution < -0.4 is 11.2 Å². The molecule has 0 fully saturated rings. The summed E-state index contributed by atoms with van der Waals surface area (Å²) in [5.74, 6) is 0.786. The summed E-state index contributed by atoms with van der Waals surface area (Å²) in [5, 5.41) is 0. The fourth-order valence-corrected chi connectivity index (χ4v) is 2.26. The highest BCUT2D eigenvalue weighted by atomic mass is 35.5. The fourth-order valence-electron chi connectivity index (χ4n) is 2.02. The average molecular weight is 271 g/mol. The number of fused-ring (bicyclic) bond motifs is 1. The van der Waals surface area contributed by atoms with Crippen molar-refractivity contribution in [3.63, 3.8) is 0 Å². The van der Waals surface area contributed by atoms with Crippen molar-refractivity contribution in [2.75, 3.05) is 0 Å². The molecular formula is C11H15ClN4O2. The van der Waals surface area contributed by atoms with Gasteiger partial charge in [-0.1, -0.05) is 6.92 Å². The van der Waals surface area contributed by atoms with E-state index in [0.717, 1.165) is 11.0 Å². The van der Waals surface area contributed by atoms with E-state index in [9.17, 15) is 9.59 Å². The molecule has 0 spiro atoms. The maximum Gasteiger partial charge on any atom is 0.332 e. The Balaban J connectivity index is 3.00. The lowest BCUT2D eigenvalue weighted by Crippen LogP contribution is -2.38. The summed E-state index contributed by atoms with van der Waals surface area (Å²) in [6, 6.07) is 0. The number of rotatable bonds is 3. The number of aromatic nitrogens is 4. The minimum Gasteiger partial charge on any atom is -0.324 e. The zero-order valence-electron chi connectivity index (χ0n) is 10.6. The van der Waals surface area contributed by atoms with Crippen molar-refractivity contribution in [1.82, 2.24) is 18.7 Å². The molecule has 0 aliphatic rings. The molecule has 0 radical (unpaired) electrons. The van der Waals surface area contributed by atoms with Gasteiger partial charge in [-0.15, -0.1) is 11.6 Å². The van der Waals surface area contributed by atoms with Crippen LogP contribution in [0, 0.1) is 0 Å². The standard InChI is InChI=1S/C11H15ClN4O2/c1-4-5-16-9-8(10(17)15(3)11(16)18)14(2)7(6-12)13-9/h4-6H2,1-3H3. The van der Waals surface area contributed by atoms with Crippen LogP contribution in [-0.4, -0.2) is 18.7 Å². The number of imidazole rings is 1. The third-order valence-corrected chi connectivity index (χ3v) is 3.26. The molecule has 18 heavy (non-hydrogen) atoms. The van der Waals surface area contributed by atoms with Crippen molar-refractivity contribution in [1.29, 1.82) is 0 Å². The molecule has 98 valence electrons. The summed E-state index contributed by atoms with van der Waals surface area (Å²) < 4.78 is 4.28. The van der Waals surface area contributed by atoms with E-state index < -0.39 is 0 Å². The number of hydrogen-bond donors (Lipinski definition) is 0. The predicted octanol–water partition coefficient (Wildman–Crippen LogP) is 0.582. The molecule has 2 aromatic heterocycles. The van der Waals surface area contributed by atoms with Gasteiger partial charge in [0.1, 0.15) is 5.82 Å². The first-order chi connectivity index (χ1) is 8.52. The highest BCUT2D eigenvalue weighted by Gasteiger charge is 2.17. The van der Waals surface area contributed by atoms with E-state index in [1.807, 2.05) is 6.92 Å². The van der Waals surface area contributed by atoms with Crippen molar-refractivity contribution in [2.45, 2.75) is 25.8 Å². The van der Waals surface area contributed by atoms with Gasteiger partial charge in [-0.3, -0.25) is 13.9 Å². The van der Waals surface area contributed by atoms with Crippen molar-refractivity contribution in [2.24, 2.45) is 14.1 Å². The Kier molecular flexibility index (Phi) is 3.30. The molecule has 0 saturated carbocycles. The molecule has 7 heteroatoms. The van der Waals surface area contributed by atoms with Crippen LogP contribution >= 0.6 is 11.6 Å². The molecule has 0 aliphatic heterocycles. The Morgan fingerprint density at radius 2 is 1.89 bits per heavy atom. The van der Waals surface area contributed by atoms with Crippen LogP contribution in [-0.2, 0) is 26.5 Å². The van der Waals surface area contributed by atoms with Crippen LogP contribution in [0.4, 0.5) is 0 Å². The number of nitrogens with zero attached hydrogens (tertiary/aromatic N) is 4. The van der Waals surface area contributed by atoms with E-state index in [2.05, 4.69) is 4.98 Å². The molecule has 2 aromatic rings. The molecule has 0 saturated heterocycles. The van der Waals surface area contributed by atoms with E-state index in [4.69, 9.17) is 11.6 Å². The molecule has 0 N–H and O–H groups in total. The monoisotopic (exact) mass is 270 g/mol. The zero-order valence-corrected chi connectivity index (χ0v) is 11.4. The molecular weight excluding hydrogens is 256 g/mol. The topological polar surface area (TPSA) is 61.8 Å². The molecule has 0 atom stereocenters. The maximum atomic E-state index is 12.1. The Morgan fingerprint density at radius 3 is 2.44 bits per heavy atom. The third-order valence-electron chi connectivity index (χ3n) is 3.02. The normalized spacial score (nSPS) is 11.3. The number of halogens is 1. The van der Waals surface area contributed by atoms with Gasteiger partial charge in [-0.25, -0.2) is 9.78 Å². The fraction of sp³-hybridized carbons (Fsp3) is 0.545. The van der Waals surface area contributed by atoms with Gasteiger partial charge < -0.3 is 4.57 Å². The summed E-state index contributed by atoms with van der Waals surface area (Å²) >= 11 is 5.79. The van der Waals surface area contributed by atoms with Gasteiger partial charge in [-0.2, -0.15) is 0 Å².